The Morgan fingerprint density at radius 2 is 0.962 bits per heavy atom. The summed E-state index contributed by atoms with van der Waals surface area (Å²) in [6.45, 7) is 3.69. The van der Waals surface area contributed by atoms with Crippen LogP contribution >= 0.6 is 0 Å². The van der Waals surface area contributed by atoms with Gasteiger partial charge in [-0.05, 0) is 38.1 Å². The molecule has 0 heterocycles. The minimum atomic E-state index is -3.79. The Balaban J connectivity index is 1.93. The highest BCUT2D eigenvalue weighted by molar-refractivity contribution is 7.89. The van der Waals surface area contributed by atoms with Gasteiger partial charge in [0.2, 0.25) is 0 Å². The SMILES string of the molecule is Cc1ccc(S(=O)(=O)NN=CC=NNS(=O)(=O)c2ccc(C)cc2)cc1. The Morgan fingerprint density at radius 1 is 0.654 bits per heavy atom. The molecule has 2 rings (SSSR count). The summed E-state index contributed by atoms with van der Waals surface area (Å²) in [6.07, 6.45) is 2.03. The fourth-order valence-corrected chi connectivity index (χ4v) is 3.41. The van der Waals surface area contributed by atoms with Crippen molar-refractivity contribution in [3.05, 3.63) is 59.7 Å². The van der Waals surface area contributed by atoms with Gasteiger partial charge in [0.05, 0.1) is 22.2 Å². The van der Waals surface area contributed by atoms with Crippen LogP contribution in [0.5, 0.6) is 0 Å². The molecule has 10 heteroatoms. The van der Waals surface area contributed by atoms with Crippen molar-refractivity contribution in [3.63, 3.8) is 0 Å². The molecule has 8 nitrogen and oxygen atoms in total. The fourth-order valence-electron chi connectivity index (χ4n) is 1.81. The lowest BCUT2D eigenvalue weighted by molar-refractivity contribution is 0.582. The van der Waals surface area contributed by atoms with Crippen molar-refractivity contribution in [2.75, 3.05) is 0 Å². The zero-order valence-electron chi connectivity index (χ0n) is 14.1. The predicted octanol–water partition coefficient (Wildman–Crippen LogP) is 1.53. The first-order valence-corrected chi connectivity index (χ1v) is 10.4. The summed E-state index contributed by atoms with van der Waals surface area (Å²) < 4.78 is 47.9. The number of hydrogen-bond donors (Lipinski definition) is 2. The summed E-state index contributed by atoms with van der Waals surface area (Å²) in [5.74, 6) is 0. The maximum absolute atomic E-state index is 12.0. The van der Waals surface area contributed by atoms with Crippen LogP contribution < -0.4 is 9.66 Å². The van der Waals surface area contributed by atoms with E-state index in [0.29, 0.717) is 0 Å². The van der Waals surface area contributed by atoms with Crippen LogP contribution in [0.25, 0.3) is 0 Å². The molecule has 0 saturated carbocycles. The average molecular weight is 394 g/mol. The molecule has 0 fully saturated rings. The molecule has 2 aromatic carbocycles. The Labute approximate surface area is 152 Å². The molecular weight excluding hydrogens is 376 g/mol. The molecule has 0 saturated heterocycles. The second kappa shape index (κ2) is 8.11. The Morgan fingerprint density at radius 3 is 1.27 bits per heavy atom. The zero-order valence-corrected chi connectivity index (χ0v) is 15.8. The molecule has 0 unspecified atom stereocenters. The lowest BCUT2D eigenvalue weighted by atomic mass is 10.2. The molecule has 0 bridgehead atoms. The number of nitrogens with one attached hydrogen (secondary N) is 2. The van der Waals surface area contributed by atoms with E-state index in [9.17, 15) is 16.8 Å². The summed E-state index contributed by atoms with van der Waals surface area (Å²) in [5, 5.41) is 7.00. The van der Waals surface area contributed by atoms with Crippen molar-refractivity contribution >= 4 is 32.5 Å². The first kappa shape index (κ1) is 19.6. The van der Waals surface area contributed by atoms with E-state index in [2.05, 4.69) is 10.2 Å². The second-order valence-electron chi connectivity index (χ2n) is 5.37. The van der Waals surface area contributed by atoms with E-state index < -0.39 is 20.0 Å². The van der Waals surface area contributed by atoms with Crippen LogP contribution in [-0.2, 0) is 20.0 Å². The number of rotatable bonds is 7. The quantitative estimate of drug-likeness (QED) is 0.547. The van der Waals surface area contributed by atoms with Crippen LogP contribution in [0.15, 0.2) is 68.5 Å². The Hall–Kier alpha value is -2.72. The summed E-state index contributed by atoms with van der Waals surface area (Å²) in [7, 11) is -7.58. The maximum Gasteiger partial charge on any atom is 0.276 e. The highest BCUT2D eigenvalue weighted by Gasteiger charge is 2.12. The van der Waals surface area contributed by atoms with Crippen molar-refractivity contribution in [2.24, 2.45) is 10.2 Å². The molecule has 26 heavy (non-hydrogen) atoms. The molecule has 0 aromatic heterocycles. The van der Waals surface area contributed by atoms with Gasteiger partial charge in [-0.15, -0.1) is 0 Å². The van der Waals surface area contributed by atoms with E-state index in [1.54, 1.807) is 24.3 Å². The average Bonchev–Trinajstić information content (AvgIpc) is 2.58. The topological polar surface area (TPSA) is 117 Å². The summed E-state index contributed by atoms with van der Waals surface area (Å²) in [5.41, 5.74) is 1.86. The molecule has 0 aliphatic rings. The third-order valence-electron chi connectivity index (χ3n) is 3.22. The van der Waals surface area contributed by atoms with Gasteiger partial charge in [0.15, 0.2) is 0 Å². The first-order chi connectivity index (χ1) is 12.2. The van der Waals surface area contributed by atoms with Gasteiger partial charge in [0.25, 0.3) is 20.0 Å². The number of sulfonamides is 2. The van der Waals surface area contributed by atoms with E-state index in [1.165, 1.54) is 24.3 Å². The highest BCUT2D eigenvalue weighted by atomic mass is 32.2. The fraction of sp³-hybridized carbons (Fsp3) is 0.125. The molecule has 0 amide bonds. The van der Waals surface area contributed by atoms with Gasteiger partial charge < -0.3 is 0 Å². The summed E-state index contributed by atoms with van der Waals surface area (Å²) in [4.78, 5) is 4.14. The number of benzene rings is 2. The minimum absolute atomic E-state index is 0.0669. The summed E-state index contributed by atoms with van der Waals surface area (Å²) in [6, 6.07) is 12.5. The standard InChI is InChI=1S/C16H18N4O4S2/c1-13-3-7-15(8-4-13)25(21,22)19-17-11-12-18-20-26(23,24)16-9-5-14(2)6-10-16/h3-12,19-20H,1-2H3. The molecule has 138 valence electrons. The van der Waals surface area contributed by atoms with E-state index in [4.69, 9.17) is 0 Å². The van der Waals surface area contributed by atoms with Crippen LogP contribution in [0.2, 0.25) is 0 Å². The van der Waals surface area contributed by atoms with E-state index in [-0.39, 0.29) is 9.79 Å². The van der Waals surface area contributed by atoms with Crippen LogP contribution in [0.4, 0.5) is 0 Å². The van der Waals surface area contributed by atoms with Gasteiger partial charge in [-0.3, -0.25) is 0 Å². The highest BCUT2D eigenvalue weighted by Crippen LogP contribution is 2.10. The van der Waals surface area contributed by atoms with Gasteiger partial charge >= 0.3 is 0 Å². The van der Waals surface area contributed by atoms with Gasteiger partial charge in [0.1, 0.15) is 0 Å². The lowest BCUT2D eigenvalue weighted by Crippen LogP contribution is -2.19. The Bertz CT molecular complexity index is 925. The lowest BCUT2D eigenvalue weighted by Gasteiger charge is -2.03. The molecular formula is C16H18N4O4S2. The van der Waals surface area contributed by atoms with Crippen LogP contribution in [0, 0.1) is 13.8 Å². The van der Waals surface area contributed by atoms with Crippen LogP contribution in [0.3, 0.4) is 0 Å². The van der Waals surface area contributed by atoms with Gasteiger partial charge in [-0.2, -0.15) is 27.0 Å². The molecule has 2 aromatic rings. The van der Waals surface area contributed by atoms with Crippen LogP contribution in [-0.4, -0.2) is 29.3 Å². The number of hydrazone groups is 2. The van der Waals surface area contributed by atoms with Crippen LogP contribution in [0.1, 0.15) is 11.1 Å². The second-order valence-corrected chi connectivity index (χ2v) is 8.69. The molecule has 0 aliphatic carbocycles. The van der Waals surface area contributed by atoms with Gasteiger partial charge in [-0.1, -0.05) is 35.4 Å². The normalized spacial score (nSPS) is 12.5. The van der Waals surface area contributed by atoms with Gasteiger partial charge in [-0.25, -0.2) is 9.66 Å². The monoisotopic (exact) mass is 394 g/mol. The smallest absolute Gasteiger partial charge is 0.200 e. The van der Waals surface area contributed by atoms with E-state index >= 15 is 0 Å². The molecule has 0 atom stereocenters. The van der Waals surface area contributed by atoms with Crippen molar-refractivity contribution in [3.8, 4) is 0 Å². The minimum Gasteiger partial charge on any atom is -0.200 e. The van der Waals surface area contributed by atoms with Crippen molar-refractivity contribution < 1.29 is 16.8 Å². The van der Waals surface area contributed by atoms with Crippen molar-refractivity contribution in [1.29, 1.82) is 0 Å². The molecule has 0 aliphatic heterocycles. The number of hydrogen-bond acceptors (Lipinski definition) is 6. The van der Waals surface area contributed by atoms with E-state index in [1.807, 2.05) is 23.5 Å². The summed E-state index contributed by atoms with van der Waals surface area (Å²) >= 11 is 0. The zero-order chi connectivity index (χ0) is 19.2. The van der Waals surface area contributed by atoms with E-state index in [0.717, 1.165) is 23.6 Å². The Kier molecular flexibility index (Phi) is 6.11. The molecule has 0 spiro atoms. The van der Waals surface area contributed by atoms with Gasteiger partial charge in [0, 0.05) is 0 Å². The number of nitrogens with zero attached hydrogens (tertiary/aromatic N) is 2. The largest absolute Gasteiger partial charge is 0.276 e. The predicted molar refractivity (Wildman–Crippen MR) is 100.0 cm³/mol. The molecule has 2 N–H and O–H groups in total. The van der Waals surface area contributed by atoms with Crippen molar-refractivity contribution in [2.45, 2.75) is 23.6 Å². The maximum atomic E-state index is 12.0. The number of aryl methyl sites for hydroxylation is 2. The third kappa shape index (κ3) is 5.39. The first-order valence-electron chi connectivity index (χ1n) is 7.42. The van der Waals surface area contributed by atoms with Crippen molar-refractivity contribution in [1.82, 2.24) is 9.66 Å². The molecule has 0 radical (unpaired) electrons. The third-order valence-corrected chi connectivity index (χ3v) is 5.70.